The van der Waals surface area contributed by atoms with Gasteiger partial charge in [-0.15, -0.1) is 0 Å². The highest BCUT2D eigenvalue weighted by atomic mass is 16.2. The molecule has 1 saturated heterocycles. The zero-order valence-corrected chi connectivity index (χ0v) is 6.52. The molecule has 1 heterocycles. The van der Waals surface area contributed by atoms with Crippen LogP contribution in [0.2, 0.25) is 0 Å². The molecule has 0 saturated carbocycles. The van der Waals surface area contributed by atoms with Crippen LogP contribution in [0, 0.1) is 5.92 Å². The molecule has 0 aromatic rings. The van der Waals surface area contributed by atoms with Gasteiger partial charge in [-0.25, -0.2) is 0 Å². The van der Waals surface area contributed by atoms with Crippen LogP contribution in [0.25, 0.3) is 0 Å². The molecule has 11 heavy (non-hydrogen) atoms. The van der Waals surface area contributed by atoms with Crippen molar-refractivity contribution in [3.05, 3.63) is 0 Å². The number of rotatable bonds is 2. The van der Waals surface area contributed by atoms with Gasteiger partial charge in [0.15, 0.2) is 0 Å². The van der Waals surface area contributed by atoms with Gasteiger partial charge in [0.05, 0.1) is 0 Å². The van der Waals surface area contributed by atoms with E-state index in [1.54, 1.807) is 0 Å². The Hall–Kier alpha value is -1.06. The Morgan fingerprint density at radius 2 is 2.55 bits per heavy atom. The normalized spacial score (nSPS) is 23.0. The van der Waals surface area contributed by atoms with E-state index in [2.05, 4.69) is 10.6 Å². The van der Waals surface area contributed by atoms with Crippen LogP contribution < -0.4 is 10.6 Å². The standard InChI is InChI=1S/C7H12N2O2/c1-2-8-6(10)5-3-4-9-7(5)11/h5H,2-4H2,1H3,(H,8,10)(H,9,11). The van der Waals surface area contributed by atoms with Gasteiger partial charge in [0.25, 0.3) is 0 Å². The number of hydrogen-bond donors (Lipinski definition) is 2. The maximum absolute atomic E-state index is 11.1. The van der Waals surface area contributed by atoms with Gasteiger partial charge in [0, 0.05) is 13.1 Å². The Labute approximate surface area is 65.3 Å². The summed E-state index contributed by atoms with van der Waals surface area (Å²) in [4.78, 5) is 22.0. The highest BCUT2D eigenvalue weighted by Crippen LogP contribution is 2.08. The summed E-state index contributed by atoms with van der Waals surface area (Å²) in [6, 6.07) is 0. The number of nitrogens with one attached hydrogen (secondary N) is 2. The number of carbonyl (C=O) groups excluding carboxylic acids is 2. The van der Waals surface area contributed by atoms with Crippen LogP contribution >= 0.6 is 0 Å². The van der Waals surface area contributed by atoms with Gasteiger partial charge in [-0.1, -0.05) is 0 Å². The summed E-state index contributed by atoms with van der Waals surface area (Å²) >= 11 is 0. The average Bonchev–Trinajstić information content (AvgIpc) is 2.36. The molecule has 1 aliphatic rings. The Balaban J connectivity index is 2.46. The van der Waals surface area contributed by atoms with Gasteiger partial charge in [0.1, 0.15) is 5.92 Å². The van der Waals surface area contributed by atoms with Crippen LogP contribution in [0.1, 0.15) is 13.3 Å². The first kappa shape index (κ1) is 8.04. The predicted octanol–water partition coefficient (Wildman–Crippen LogP) is -0.741. The van der Waals surface area contributed by atoms with Gasteiger partial charge in [-0.3, -0.25) is 9.59 Å². The summed E-state index contributed by atoms with van der Waals surface area (Å²) in [6.45, 7) is 3.05. The second-order valence-electron chi connectivity index (χ2n) is 2.53. The lowest BCUT2D eigenvalue weighted by Crippen LogP contribution is -2.34. The highest BCUT2D eigenvalue weighted by Gasteiger charge is 2.30. The van der Waals surface area contributed by atoms with Crippen LogP contribution in [0.15, 0.2) is 0 Å². The van der Waals surface area contributed by atoms with Crippen LogP contribution in [0.4, 0.5) is 0 Å². The van der Waals surface area contributed by atoms with Crippen LogP contribution in [0.3, 0.4) is 0 Å². The van der Waals surface area contributed by atoms with E-state index in [1.165, 1.54) is 0 Å². The SMILES string of the molecule is CCNC(=O)C1CCNC1=O. The molecule has 62 valence electrons. The topological polar surface area (TPSA) is 58.2 Å². The summed E-state index contributed by atoms with van der Waals surface area (Å²) < 4.78 is 0. The third-order valence-corrected chi connectivity index (χ3v) is 1.72. The number of carbonyl (C=O) groups is 2. The summed E-state index contributed by atoms with van der Waals surface area (Å²) in [5.41, 5.74) is 0. The minimum absolute atomic E-state index is 0.143. The molecule has 4 heteroatoms. The van der Waals surface area contributed by atoms with Crippen molar-refractivity contribution >= 4 is 11.8 Å². The van der Waals surface area contributed by atoms with Crippen molar-refractivity contribution < 1.29 is 9.59 Å². The monoisotopic (exact) mass is 156 g/mol. The molecule has 1 atom stereocenters. The molecule has 0 aromatic carbocycles. The molecule has 0 bridgehead atoms. The van der Waals surface area contributed by atoms with Crippen molar-refractivity contribution in [3.8, 4) is 0 Å². The van der Waals surface area contributed by atoms with Crippen molar-refractivity contribution in [2.75, 3.05) is 13.1 Å². The fraction of sp³-hybridized carbons (Fsp3) is 0.714. The first-order chi connectivity index (χ1) is 5.25. The minimum Gasteiger partial charge on any atom is -0.356 e. The van der Waals surface area contributed by atoms with E-state index in [-0.39, 0.29) is 11.8 Å². The fourth-order valence-corrected chi connectivity index (χ4v) is 1.14. The van der Waals surface area contributed by atoms with E-state index in [0.29, 0.717) is 19.5 Å². The Kier molecular flexibility index (Phi) is 2.46. The molecule has 1 unspecified atom stereocenters. The highest BCUT2D eigenvalue weighted by molar-refractivity contribution is 6.01. The Morgan fingerprint density at radius 3 is 3.00 bits per heavy atom. The summed E-state index contributed by atoms with van der Waals surface area (Å²) in [5.74, 6) is -0.742. The quantitative estimate of drug-likeness (QED) is 0.517. The molecule has 0 spiro atoms. The first-order valence-electron chi connectivity index (χ1n) is 3.81. The molecular weight excluding hydrogens is 144 g/mol. The molecule has 1 aliphatic heterocycles. The molecule has 2 N–H and O–H groups in total. The van der Waals surface area contributed by atoms with Crippen molar-refractivity contribution in [1.82, 2.24) is 10.6 Å². The second kappa shape index (κ2) is 3.37. The Morgan fingerprint density at radius 1 is 1.82 bits per heavy atom. The van der Waals surface area contributed by atoms with Gasteiger partial charge in [-0.05, 0) is 13.3 Å². The van der Waals surface area contributed by atoms with Gasteiger partial charge in [0.2, 0.25) is 11.8 Å². The van der Waals surface area contributed by atoms with Crippen LogP contribution in [-0.4, -0.2) is 24.9 Å². The zero-order valence-electron chi connectivity index (χ0n) is 6.52. The molecule has 0 radical (unpaired) electrons. The zero-order chi connectivity index (χ0) is 8.27. The van der Waals surface area contributed by atoms with E-state index < -0.39 is 5.92 Å². The first-order valence-corrected chi connectivity index (χ1v) is 3.81. The third-order valence-electron chi connectivity index (χ3n) is 1.72. The van der Waals surface area contributed by atoms with Crippen LogP contribution in [0.5, 0.6) is 0 Å². The molecule has 0 aromatic heterocycles. The van der Waals surface area contributed by atoms with E-state index >= 15 is 0 Å². The lowest BCUT2D eigenvalue weighted by atomic mass is 10.1. The van der Waals surface area contributed by atoms with E-state index in [4.69, 9.17) is 0 Å². The van der Waals surface area contributed by atoms with Gasteiger partial charge < -0.3 is 10.6 Å². The van der Waals surface area contributed by atoms with Crippen LogP contribution in [-0.2, 0) is 9.59 Å². The molecule has 1 fully saturated rings. The molecular formula is C7H12N2O2. The fourth-order valence-electron chi connectivity index (χ4n) is 1.14. The third kappa shape index (κ3) is 1.69. The summed E-state index contributed by atoms with van der Waals surface area (Å²) in [7, 11) is 0. The molecule has 4 nitrogen and oxygen atoms in total. The molecule has 0 aliphatic carbocycles. The van der Waals surface area contributed by atoms with E-state index in [9.17, 15) is 9.59 Å². The predicted molar refractivity (Wildman–Crippen MR) is 39.8 cm³/mol. The van der Waals surface area contributed by atoms with Crippen molar-refractivity contribution in [1.29, 1.82) is 0 Å². The minimum atomic E-state index is -0.449. The maximum atomic E-state index is 11.1. The van der Waals surface area contributed by atoms with E-state index in [1.807, 2.05) is 6.92 Å². The van der Waals surface area contributed by atoms with E-state index in [0.717, 1.165) is 0 Å². The Bertz CT molecular complexity index is 179. The van der Waals surface area contributed by atoms with Crippen molar-refractivity contribution in [2.24, 2.45) is 5.92 Å². The second-order valence-corrected chi connectivity index (χ2v) is 2.53. The van der Waals surface area contributed by atoms with Gasteiger partial charge >= 0.3 is 0 Å². The lowest BCUT2D eigenvalue weighted by molar-refractivity contribution is -0.132. The largest absolute Gasteiger partial charge is 0.356 e. The average molecular weight is 156 g/mol. The molecule has 2 amide bonds. The number of amides is 2. The lowest BCUT2D eigenvalue weighted by Gasteiger charge is -2.05. The summed E-state index contributed by atoms with van der Waals surface area (Å²) in [6.07, 6.45) is 0.630. The maximum Gasteiger partial charge on any atom is 0.232 e. The summed E-state index contributed by atoms with van der Waals surface area (Å²) in [5, 5.41) is 5.23. The molecule has 1 rings (SSSR count). The van der Waals surface area contributed by atoms with Gasteiger partial charge in [-0.2, -0.15) is 0 Å². The van der Waals surface area contributed by atoms with Crippen molar-refractivity contribution in [3.63, 3.8) is 0 Å². The number of hydrogen-bond acceptors (Lipinski definition) is 2. The van der Waals surface area contributed by atoms with Crippen molar-refractivity contribution in [2.45, 2.75) is 13.3 Å². The smallest absolute Gasteiger partial charge is 0.232 e.